The molecule has 1 aromatic carbocycles. The number of nitro groups is 1. The number of nitrogens with zero attached hydrogens (tertiary/aromatic N) is 5. The number of hydrogen-bond donors (Lipinski definition) is 0. The van der Waals surface area contributed by atoms with Gasteiger partial charge in [0.25, 0.3) is 0 Å². The van der Waals surface area contributed by atoms with E-state index in [1.807, 2.05) is 17.0 Å². The molecule has 7 nitrogen and oxygen atoms in total. The number of pyridine rings is 1. The predicted molar refractivity (Wildman–Crippen MR) is 92.9 cm³/mol. The summed E-state index contributed by atoms with van der Waals surface area (Å²) in [6.45, 7) is 1.04. The van der Waals surface area contributed by atoms with Crippen LogP contribution in [0.5, 0.6) is 0 Å². The molecular formula is C15H13Cl2N5O2. The maximum Gasteiger partial charge on any atom is 0.378 e. The maximum absolute atomic E-state index is 11.2. The van der Waals surface area contributed by atoms with E-state index in [1.165, 1.54) is 5.01 Å². The second kappa shape index (κ2) is 7.12. The van der Waals surface area contributed by atoms with Gasteiger partial charge in [-0.05, 0) is 34.8 Å². The van der Waals surface area contributed by atoms with Crippen LogP contribution >= 0.6 is 23.2 Å². The first-order valence-electron chi connectivity index (χ1n) is 7.08. The summed E-state index contributed by atoms with van der Waals surface area (Å²) < 4.78 is 0. The third-order valence-corrected chi connectivity index (χ3v) is 3.86. The van der Waals surface area contributed by atoms with Crippen molar-refractivity contribution in [1.82, 2.24) is 9.88 Å². The SMILES string of the molecule is O=[N+]([O-])C1=NN(c2cc(Cl)cc(Cl)c2)CN(Cc2cccnc2)C1. The van der Waals surface area contributed by atoms with Gasteiger partial charge in [0, 0.05) is 29.0 Å². The molecule has 0 saturated heterocycles. The molecule has 0 radical (unpaired) electrons. The maximum atomic E-state index is 11.2. The van der Waals surface area contributed by atoms with E-state index in [0.717, 1.165) is 5.56 Å². The summed E-state index contributed by atoms with van der Waals surface area (Å²) in [7, 11) is 0. The average Bonchev–Trinajstić information content (AvgIpc) is 2.54. The minimum Gasteiger partial charge on any atom is -0.358 e. The fourth-order valence-corrected chi connectivity index (χ4v) is 2.93. The van der Waals surface area contributed by atoms with Crippen LogP contribution in [-0.2, 0) is 6.54 Å². The van der Waals surface area contributed by atoms with Crippen LogP contribution in [0.1, 0.15) is 5.56 Å². The molecule has 0 spiro atoms. The van der Waals surface area contributed by atoms with Gasteiger partial charge in [0.15, 0.2) is 0 Å². The minimum atomic E-state index is -0.478. The van der Waals surface area contributed by atoms with Gasteiger partial charge in [-0.25, -0.2) is 0 Å². The smallest absolute Gasteiger partial charge is 0.358 e. The Labute approximate surface area is 148 Å². The quantitative estimate of drug-likeness (QED) is 0.616. The lowest BCUT2D eigenvalue weighted by molar-refractivity contribution is -0.354. The molecule has 2 aromatic rings. The van der Waals surface area contributed by atoms with Crippen molar-refractivity contribution in [2.24, 2.45) is 5.10 Å². The summed E-state index contributed by atoms with van der Waals surface area (Å²) >= 11 is 12.0. The van der Waals surface area contributed by atoms with Crippen molar-refractivity contribution in [3.05, 3.63) is 68.4 Å². The average molecular weight is 366 g/mol. The van der Waals surface area contributed by atoms with Crippen molar-refractivity contribution in [2.75, 3.05) is 18.2 Å². The number of benzene rings is 1. The Morgan fingerprint density at radius 1 is 1.25 bits per heavy atom. The lowest BCUT2D eigenvalue weighted by Crippen LogP contribution is -2.45. The van der Waals surface area contributed by atoms with Crippen LogP contribution in [0.2, 0.25) is 10.0 Å². The normalized spacial score (nSPS) is 15.2. The highest BCUT2D eigenvalue weighted by Crippen LogP contribution is 2.27. The van der Waals surface area contributed by atoms with Crippen LogP contribution in [-0.4, -0.2) is 33.9 Å². The van der Waals surface area contributed by atoms with E-state index in [-0.39, 0.29) is 12.4 Å². The van der Waals surface area contributed by atoms with E-state index in [1.54, 1.807) is 30.6 Å². The van der Waals surface area contributed by atoms with Crippen LogP contribution in [0.25, 0.3) is 0 Å². The molecule has 1 aliphatic heterocycles. The zero-order chi connectivity index (χ0) is 17.1. The monoisotopic (exact) mass is 365 g/mol. The van der Waals surface area contributed by atoms with E-state index in [0.29, 0.717) is 28.9 Å². The molecule has 0 bridgehead atoms. The molecule has 1 aliphatic rings. The molecule has 0 aliphatic carbocycles. The van der Waals surface area contributed by atoms with Gasteiger partial charge in [-0.15, -0.1) is 0 Å². The number of halogens is 2. The first kappa shape index (κ1) is 16.6. The highest BCUT2D eigenvalue weighted by atomic mass is 35.5. The van der Waals surface area contributed by atoms with Gasteiger partial charge in [0.05, 0.1) is 10.8 Å². The molecule has 0 atom stereocenters. The molecule has 0 saturated carbocycles. The highest BCUT2D eigenvalue weighted by molar-refractivity contribution is 6.35. The van der Waals surface area contributed by atoms with Crippen LogP contribution < -0.4 is 5.01 Å². The molecule has 1 aromatic heterocycles. The predicted octanol–water partition coefficient (Wildman–Crippen LogP) is 3.26. The van der Waals surface area contributed by atoms with Crippen molar-refractivity contribution in [3.63, 3.8) is 0 Å². The molecule has 2 heterocycles. The molecule has 0 fully saturated rings. The standard InChI is InChI=1S/C15H13Cl2N5O2/c16-12-4-13(17)6-14(5-12)21-10-20(9-15(19-21)22(23)24)8-11-2-1-3-18-7-11/h1-7H,8-10H2. The first-order chi connectivity index (χ1) is 11.5. The molecule has 9 heteroatoms. The fraction of sp³-hybridized carbons (Fsp3) is 0.200. The Hall–Kier alpha value is -2.22. The summed E-state index contributed by atoms with van der Waals surface area (Å²) in [6, 6.07) is 8.69. The van der Waals surface area contributed by atoms with Crippen LogP contribution in [0, 0.1) is 10.1 Å². The van der Waals surface area contributed by atoms with Crippen molar-refractivity contribution in [1.29, 1.82) is 0 Å². The number of anilines is 1. The Balaban J connectivity index is 1.88. The summed E-state index contributed by atoms with van der Waals surface area (Å²) in [6.07, 6.45) is 3.42. The van der Waals surface area contributed by atoms with Gasteiger partial charge < -0.3 is 10.1 Å². The van der Waals surface area contributed by atoms with Gasteiger partial charge in [0.1, 0.15) is 13.2 Å². The van der Waals surface area contributed by atoms with Crippen LogP contribution in [0.15, 0.2) is 47.8 Å². The van der Waals surface area contributed by atoms with E-state index in [2.05, 4.69) is 10.1 Å². The number of hydrogen-bond acceptors (Lipinski definition) is 6. The molecular weight excluding hydrogens is 353 g/mol. The molecule has 124 valence electrons. The Morgan fingerprint density at radius 3 is 2.62 bits per heavy atom. The molecule has 0 amide bonds. The minimum absolute atomic E-state index is 0.138. The Kier molecular flexibility index (Phi) is 4.94. The molecule has 0 N–H and O–H groups in total. The topological polar surface area (TPSA) is 74.9 Å². The zero-order valence-electron chi connectivity index (χ0n) is 12.5. The van der Waals surface area contributed by atoms with E-state index >= 15 is 0 Å². The van der Waals surface area contributed by atoms with Crippen molar-refractivity contribution in [2.45, 2.75) is 6.54 Å². The third kappa shape index (κ3) is 4.00. The van der Waals surface area contributed by atoms with E-state index in [9.17, 15) is 10.1 Å². The van der Waals surface area contributed by atoms with E-state index < -0.39 is 4.92 Å². The third-order valence-electron chi connectivity index (χ3n) is 3.42. The summed E-state index contributed by atoms with van der Waals surface area (Å²) in [4.78, 5) is 16.7. The largest absolute Gasteiger partial charge is 0.378 e. The summed E-state index contributed by atoms with van der Waals surface area (Å²) in [5, 5.41) is 17.7. The second-order valence-corrected chi connectivity index (χ2v) is 6.16. The zero-order valence-corrected chi connectivity index (χ0v) is 14.0. The first-order valence-corrected chi connectivity index (χ1v) is 7.83. The highest BCUT2D eigenvalue weighted by Gasteiger charge is 2.30. The number of rotatable bonds is 3. The van der Waals surface area contributed by atoms with Gasteiger partial charge in [-0.2, -0.15) is 5.01 Å². The van der Waals surface area contributed by atoms with Crippen molar-refractivity contribution < 1.29 is 4.92 Å². The molecule has 3 rings (SSSR count). The Bertz CT molecular complexity index is 764. The van der Waals surface area contributed by atoms with Crippen LogP contribution in [0.3, 0.4) is 0 Å². The summed E-state index contributed by atoms with van der Waals surface area (Å²) in [5.41, 5.74) is 1.56. The van der Waals surface area contributed by atoms with E-state index in [4.69, 9.17) is 23.2 Å². The Morgan fingerprint density at radius 2 is 2.00 bits per heavy atom. The lowest BCUT2D eigenvalue weighted by atomic mass is 10.2. The lowest BCUT2D eigenvalue weighted by Gasteiger charge is -2.28. The number of aromatic nitrogens is 1. The van der Waals surface area contributed by atoms with Crippen molar-refractivity contribution in [3.8, 4) is 0 Å². The van der Waals surface area contributed by atoms with Crippen molar-refractivity contribution >= 4 is 34.7 Å². The van der Waals surface area contributed by atoms with Crippen LogP contribution in [0.4, 0.5) is 5.69 Å². The second-order valence-electron chi connectivity index (χ2n) is 5.29. The van der Waals surface area contributed by atoms with Gasteiger partial charge in [-0.1, -0.05) is 29.3 Å². The fourth-order valence-electron chi connectivity index (χ4n) is 2.42. The number of hydrazone groups is 1. The van der Waals surface area contributed by atoms with Gasteiger partial charge in [0.2, 0.25) is 0 Å². The van der Waals surface area contributed by atoms with Gasteiger partial charge in [-0.3, -0.25) is 9.88 Å². The summed E-state index contributed by atoms with van der Waals surface area (Å²) in [5.74, 6) is -0.138. The van der Waals surface area contributed by atoms with Gasteiger partial charge >= 0.3 is 5.84 Å². The molecule has 0 unspecified atom stereocenters. The number of amidine groups is 1. The molecule has 24 heavy (non-hydrogen) atoms.